The van der Waals surface area contributed by atoms with Gasteiger partial charge in [-0.2, -0.15) is 0 Å². The van der Waals surface area contributed by atoms with Gasteiger partial charge in [0, 0.05) is 18.8 Å². The molecule has 102 valence electrons. The van der Waals surface area contributed by atoms with Gasteiger partial charge in [0.1, 0.15) is 11.5 Å². The maximum Gasteiger partial charge on any atom is 0.136 e. The minimum atomic E-state index is 0.353. The SMILES string of the molecule is O=C(CCc1ccc2c(c1)CCO2)C1CCCCC1. The molecule has 0 atom stereocenters. The molecule has 0 aromatic heterocycles. The minimum absolute atomic E-state index is 0.353. The quantitative estimate of drug-likeness (QED) is 0.823. The van der Waals surface area contributed by atoms with Gasteiger partial charge < -0.3 is 4.74 Å². The largest absolute Gasteiger partial charge is 0.493 e. The Kier molecular flexibility index (Phi) is 3.86. The molecule has 0 unspecified atom stereocenters. The van der Waals surface area contributed by atoms with Crippen LogP contribution in [0.5, 0.6) is 5.75 Å². The number of hydrogen-bond donors (Lipinski definition) is 0. The van der Waals surface area contributed by atoms with Gasteiger partial charge in [0.15, 0.2) is 0 Å². The molecule has 2 nitrogen and oxygen atoms in total. The lowest BCUT2D eigenvalue weighted by atomic mass is 9.84. The van der Waals surface area contributed by atoms with Gasteiger partial charge >= 0.3 is 0 Å². The number of ketones is 1. The van der Waals surface area contributed by atoms with Crippen molar-refractivity contribution in [3.63, 3.8) is 0 Å². The van der Waals surface area contributed by atoms with E-state index >= 15 is 0 Å². The molecule has 0 radical (unpaired) electrons. The van der Waals surface area contributed by atoms with Crippen LogP contribution >= 0.6 is 0 Å². The summed E-state index contributed by atoms with van der Waals surface area (Å²) in [5.41, 5.74) is 2.59. The van der Waals surface area contributed by atoms with E-state index in [9.17, 15) is 4.79 Å². The summed E-state index contributed by atoms with van der Waals surface area (Å²) in [4.78, 5) is 12.2. The number of carbonyl (C=O) groups is 1. The molecule has 2 aliphatic rings. The van der Waals surface area contributed by atoms with Crippen LogP contribution in [0.15, 0.2) is 18.2 Å². The van der Waals surface area contributed by atoms with Crippen molar-refractivity contribution in [2.75, 3.05) is 6.61 Å². The van der Waals surface area contributed by atoms with Crippen molar-refractivity contribution < 1.29 is 9.53 Å². The summed E-state index contributed by atoms with van der Waals surface area (Å²) in [6.45, 7) is 0.805. The van der Waals surface area contributed by atoms with Crippen LogP contribution in [0, 0.1) is 5.92 Å². The lowest BCUT2D eigenvalue weighted by Crippen LogP contribution is -2.18. The average Bonchev–Trinajstić information content (AvgIpc) is 2.93. The highest BCUT2D eigenvalue weighted by Crippen LogP contribution is 2.28. The van der Waals surface area contributed by atoms with Crippen molar-refractivity contribution in [1.29, 1.82) is 0 Å². The van der Waals surface area contributed by atoms with Crippen LogP contribution in [-0.2, 0) is 17.6 Å². The Labute approximate surface area is 115 Å². The van der Waals surface area contributed by atoms with E-state index in [2.05, 4.69) is 18.2 Å². The molecule has 0 N–H and O–H groups in total. The van der Waals surface area contributed by atoms with Gasteiger partial charge in [-0.05, 0) is 36.5 Å². The van der Waals surface area contributed by atoms with Gasteiger partial charge in [-0.3, -0.25) is 4.79 Å². The average molecular weight is 258 g/mol. The number of hydrogen-bond acceptors (Lipinski definition) is 2. The van der Waals surface area contributed by atoms with E-state index in [1.807, 2.05) is 0 Å². The fraction of sp³-hybridized carbons (Fsp3) is 0.588. The molecule has 19 heavy (non-hydrogen) atoms. The van der Waals surface area contributed by atoms with Crippen LogP contribution in [0.25, 0.3) is 0 Å². The van der Waals surface area contributed by atoms with Crippen LogP contribution in [0.3, 0.4) is 0 Å². The second-order valence-electron chi connectivity index (χ2n) is 5.84. The molecule has 0 amide bonds. The summed E-state index contributed by atoms with van der Waals surface area (Å²) in [6.07, 6.45) is 8.66. The third-order valence-corrected chi connectivity index (χ3v) is 4.47. The molecule has 1 aliphatic carbocycles. The highest BCUT2D eigenvalue weighted by molar-refractivity contribution is 5.81. The summed E-state index contributed by atoms with van der Waals surface area (Å²) in [5, 5.41) is 0. The summed E-state index contributed by atoms with van der Waals surface area (Å²) in [6, 6.07) is 6.39. The van der Waals surface area contributed by atoms with E-state index in [0.717, 1.165) is 38.0 Å². The molecule has 1 saturated carbocycles. The van der Waals surface area contributed by atoms with Crippen molar-refractivity contribution in [1.82, 2.24) is 0 Å². The van der Waals surface area contributed by atoms with Gasteiger partial charge in [-0.1, -0.05) is 31.4 Å². The second-order valence-corrected chi connectivity index (χ2v) is 5.84. The molecule has 0 bridgehead atoms. The van der Waals surface area contributed by atoms with E-state index in [1.165, 1.54) is 30.4 Å². The smallest absolute Gasteiger partial charge is 0.136 e. The van der Waals surface area contributed by atoms with E-state index in [1.54, 1.807) is 0 Å². The van der Waals surface area contributed by atoms with Crippen molar-refractivity contribution in [3.8, 4) is 5.75 Å². The molecule has 1 aromatic carbocycles. The maximum atomic E-state index is 12.2. The molecule has 1 heterocycles. The van der Waals surface area contributed by atoms with E-state index in [0.29, 0.717) is 18.1 Å². The van der Waals surface area contributed by atoms with Crippen molar-refractivity contribution in [3.05, 3.63) is 29.3 Å². The molecule has 0 spiro atoms. The number of ether oxygens (including phenoxy) is 1. The Balaban J connectivity index is 1.55. The lowest BCUT2D eigenvalue weighted by molar-refractivity contribution is -0.123. The first-order chi connectivity index (χ1) is 9.33. The number of Topliss-reactive ketones (excluding diaryl/α,β-unsaturated/α-hetero) is 1. The fourth-order valence-corrected chi connectivity index (χ4v) is 3.29. The highest BCUT2D eigenvalue weighted by atomic mass is 16.5. The Morgan fingerprint density at radius 2 is 2.05 bits per heavy atom. The molecule has 1 fully saturated rings. The zero-order chi connectivity index (χ0) is 13.1. The standard InChI is InChI=1S/C17H22O2/c18-16(14-4-2-1-3-5-14)8-6-13-7-9-17-15(12-13)10-11-19-17/h7,9,12,14H,1-6,8,10-11H2. The van der Waals surface area contributed by atoms with Crippen molar-refractivity contribution in [2.45, 2.75) is 51.4 Å². The number of carbonyl (C=O) groups excluding carboxylic acids is 1. The molecule has 1 aliphatic heterocycles. The van der Waals surface area contributed by atoms with Gasteiger partial charge in [-0.15, -0.1) is 0 Å². The predicted molar refractivity (Wildman–Crippen MR) is 75.5 cm³/mol. The first kappa shape index (κ1) is 12.7. The molecule has 1 aromatic rings. The zero-order valence-electron chi connectivity index (χ0n) is 11.5. The monoisotopic (exact) mass is 258 g/mol. The van der Waals surface area contributed by atoms with E-state index in [4.69, 9.17) is 4.74 Å². The zero-order valence-corrected chi connectivity index (χ0v) is 11.5. The van der Waals surface area contributed by atoms with Gasteiger partial charge in [0.05, 0.1) is 6.61 Å². The maximum absolute atomic E-state index is 12.2. The van der Waals surface area contributed by atoms with Crippen LogP contribution in [0.2, 0.25) is 0 Å². The number of benzene rings is 1. The number of fused-ring (bicyclic) bond motifs is 1. The van der Waals surface area contributed by atoms with Gasteiger partial charge in [0.25, 0.3) is 0 Å². The van der Waals surface area contributed by atoms with Gasteiger partial charge in [0.2, 0.25) is 0 Å². The normalized spacial score (nSPS) is 18.9. The second kappa shape index (κ2) is 5.77. The van der Waals surface area contributed by atoms with Crippen LogP contribution in [0.1, 0.15) is 49.7 Å². The summed E-state index contributed by atoms with van der Waals surface area (Å²) >= 11 is 0. The summed E-state index contributed by atoms with van der Waals surface area (Å²) < 4.78 is 5.51. The van der Waals surface area contributed by atoms with E-state index in [-0.39, 0.29) is 0 Å². The van der Waals surface area contributed by atoms with Crippen LogP contribution < -0.4 is 4.74 Å². The fourth-order valence-electron chi connectivity index (χ4n) is 3.29. The first-order valence-electron chi connectivity index (χ1n) is 7.60. The van der Waals surface area contributed by atoms with Crippen LogP contribution in [0.4, 0.5) is 0 Å². The third-order valence-electron chi connectivity index (χ3n) is 4.47. The minimum Gasteiger partial charge on any atom is -0.493 e. The molecular weight excluding hydrogens is 236 g/mol. The Hall–Kier alpha value is -1.31. The predicted octanol–water partition coefficient (Wildman–Crippen LogP) is 3.70. The highest BCUT2D eigenvalue weighted by Gasteiger charge is 2.20. The molecule has 0 saturated heterocycles. The summed E-state index contributed by atoms with van der Waals surface area (Å²) in [5.74, 6) is 1.87. The lowest BCUT2D eigenvalue weighted by Gasteiger charge is -2.20. The first-order valence-corrected chi connectivity index (χ1v) is 7.60. The number of rotatable bonds is 4. The third kappa shape index (κ3) is 2.99. The Bertz CT molecular complexity index is 458. The van der Waals surface area contributed by atoms with Gasteiger partial charge in [-0.25, -0.2) is 0 Å². The Morgan fingerprint density at radius 3 is 2.89 bits per heavy atom. The van der Waals surface area contributed by atoms with Crippen LogP contribution in [-0.4, -0.2) is 12.4 Å². The van der Waals surface area contributed by atoms with Crippen molar-refractivity contribution >= 4 is 5.78 Å². The van der Waals surface area contributed by atoms with Crippen molar-refractivity contribution in [2.24, 2.45) is 5.92 Å². The molecule has 3 rings (SSSR count). The summed E-state index contributed by atoms with van der Waals surface area (Å²) in [7, 11) is 0. The van der Waals surface area contributed by atoms with E-state index < -0.39 is 0 Å². The molecular formula is C17H22O2. The number of aryl methyl sites for hydroxylation is 1. The Morgan fingerprint density at radius 1 is 1.21 bits per heavy atom. The molecule has 2 heteroatoms. The topological polar surface area (TPSA) is 26.3 Å².